The van der Waals surface area contributed by atoms with E-state index in [9.17, 15) is 4.79 Å². The van der Waals surface area contributed by atoms with Gasteiger partial charge in [-0.1, -0.05) is 24.6 Å². The van der Waals surface area contributed by atoms with Crippen molar-refractivity contribution in [3.05, 3.63) is 29.8 Å². The molecule has 0 aromatic heterocycles. The van der Waals surface area contributed by atoms with Gasteiger partial charge >= 0.3 is 6.03 Å². The van der Waals surface area contributed by atoms with Crippen LogP contribution in [0.15, 0.2) is 24.3 Å². The van der Waals surface area contributed by atoms with Gasteiger partial charge in [0.15, 0.2) is 0 Å². The second-order valence-corrected chi connectivity index (χ2v) is 6.84. The van der Waals surface area contributed by atoms with Crippen LogP contribution in [-0.2, 0) is 0 Å². The molecule has 2 saturated heterocycles. The maximum atomic E-state index is 12.5. The average molecular weight is 315 g/mol. The molecule has 3 aliphatic rings. The van der Waals surface area contributed by atoms with Crippen molar-refractivity contribution in [1.29, 1.82) is 0 Å². The molecule has 0 unspecified atom stereocenters. The van der Waals surface area contributed by atoms with Crippen molar-refractivity contribution in [1.82, 2.24) is 15.5 Å². The van der Waals surface area contributed by atoms with E-state index >= 15 is 0 Å². The van der Waals surface area contributed by atoms with Crippen LogP contribution in [-0.4, -0.2) is 42.7 Å². The maximum Gasteiger partial charge on any atom is 0.315 e. The Balaban J connectivity index is 1.37. The fourth-order valence-electron chi connectivity index (χ4n) is 4.28. The molecule has 4 rings (SSSR count). The number of benzene rings is 1. The lowest BCUT2D eigenvalue weighted by atomic mass is 9.99. The van der Waals surface area contributed by atoms with Gasteiger partial charge in [-0.3, -0.25) is 4.90 Å². The van der Waals surface area contributed by atoms with Gasteiger partial charge in [-0.25, -0.2) is 4.79 Å². The van der Waals surface area contributed by atoms with E-state index in [1.54, 1.807) is 0 Å². The first-order valence-electron chi connectivity index (χ1n) is 8.84. The Morgan fingerprint density at radius 2 is 2.00 bits per heavy atom. The molecular formula is C18H25N3O2. The molecule has 0 spiro atoms. The van der Waals surface area contributed by atoms with Crippen molar-refractivity contribution >= 4 is 6.03 Å². The molecule has 3 atom stereocenters. The number of carbonyl (C=O) groups excluding carboxylic acids is 1. The number of nitrogens with zero attached hydrogens (tertiary/aromatic N) is 1. The molecule has 0 aliphatic carbocycles. The Morgan fingerprint density at radius 3 is 2.96 bits per heavy atom. The number of hydrogen-bond donors (Lipinski definition) is 2. The van der Waals surface area contributed by atoms with Crippen LogP contribution in [0.25, 0.3) is 0 Å². The standard InChI is InChI=1S/C18H25N3O2/c22-18(20-15-8-11-21-10-4-3-6-16(15)21)19-14-9-12-23-17-7-2-1-5-13(14)17/h1-2,5,7,14-16H,3-4,6,8-12H2,(H2,19,20,22)/t14-,15+,16-/m1/s1. The van der Waals surface area contributed by atoms with Crippen LogP contribution < -0.4 is 15.4 Å². The summed E-state index contributed by atoms with van der Waals surface area (Å²) >= 11 is 0. The number of fused-ring (bicyclic) bond motifs is 2. The van der Waals surface area contributed by atoms with Crippen molar-refractivity contribution in [2.75, 3.05) is 19.7 Å². The topological polar surface area (TPSA) is 53.6 Å². The molecule has 1 aromatic rings. The van der Waals surface area contributed by atoms with Gasteiger partial charge in [0.2, 0.25) is 0 Å². The summed E-state index contributed by atoms with van der Waals surface area (Å²) < 4.78 is 5.66. The molecule has 2 fully saturated rings. The van der Waals surface area contributed by atoms with Crippen LogP contribution in [0.1, 0.15) is 43.7 Å². The van der Waals surface area contributed by atoms with Crippen LogP contribution >= 0.6 is 0 Å². The molecule has 0 bridgehead atoms. The van der Waals surface area contributed by atoms with E-state index in [-0.39, 0.29) is 12.1 Å². The molecule has 2 N–H and O–H groups in total. The predicted molar refractivity (Wildman–Crippen MR) is 88.6 cm³/mol. The van der Waals surface area contributed by atoms with E-state index in [1.807, 2.05) is 24.3 Å². The number of piperidine rings is 1. The van der Waals surface area contributed by atoms with Gasteiger partial charge in [0.05, 0.1) is 12.6 Å². The number of hydrogen-bond acceptors (Lipinski definition) is 3. The van der Waals surface area contributed by atoms with Crippen LogP contribution in [0.5, 0.6) is 5.75 Å². The van der Waals surface area contributed by atoms with Gasteiger partial charge < -0.3 is 15.4 Å². The largest absolute Gasteiger partial charge is 0.493 e. The van der Waals surface area contributed by atoms with Crippen molar-refractivity contribution in [2.45, 2.75) is 50.2 Å². The maximum absolute atomic E-state index is 12.5. The van der Waals surface area contributed by atoms with Gasteiger partial charge in [-0.2, -0.15) is 0 Å². The summed E-state index contributed by atoms with van der Waals surface area (Å²) in [6.45, 7) is 2.97. The monoisotopic (exact) mass is 315 g/mol. The SMILES string of the molecule is O=C(N[C@H]1CCN2CCCC[C@H]12)N[C@@H]1CCOc2ccccc21. The van der Waals surface area contributed by atoms with E-state index in [4.69, 9.17) is 4.74 Å². The lowest BCUT2D eigenvalue weighted by Gasteiger charge is -2.33. The summed E-state index contributed by atoms with van der Waals surface area (Å²) in [5, 5.41) is 6.37. The number of rotatable bonds is 2. The minimum Gasteiger partial charge on any atom is -0.493 e. The van der Waals surface area contributed by atoms with Crippen molar-refractivity contribution < 1.29 is 9.53 Å². The van der Waals surface area contributed by atoms with Gasteiger partial charge in [-0.15, -0.1) is 0 Å². The summed E-state index contributed by atoms with van der Waals surface area (Å²) in [6, 6.07) is 8.82. The van der Waals surface area contributed by atoms with E-state index in [1.165, 1.54) is 25.8 Å². The number of amides is 2. The first-order valence-corrected chi connectivity index (χ1v) is 8.84. The second kappa shape index (κ2) is 6.40. The lowest BCUT2D eigenvalue weighted by Crippen LogP contribution is -2.50. The number of para-hydroxylation sites is 1. The third kappa shape index (κ3) is 3.02. The predicted octanol–water partition coefficient (Wildman–Crippen LogP) is 2.44. The number of urea groups is 1. The second-order valence-electron chi connectivity index (χ2n) is 6.84. The molecule has 3 aliphatic heterocycles. The zero-order chi connectivity index (χ0) is 15.6. The highest BCUT2D eigenvalue weighted by Gasteiger charge is 2.36. The Labute approximate surface area is 137 Å². The molecule has 1 aromatic carbocycles. The summed E-state index contributed by atoms with van der Waals surface area (Å²) in [5.41, 5.74) is 1.08. The molecule has 0 radical (unpaired) electrons. The van der Waals surface area contributed by atoms with Crippen molar-refractivity contribution in [3.63, 3.8) is 0 Å². The van der Waals surface area contributed by atoms with Gasteiger partial charge in [0, 0.05) is 30.6 Å². The molecule has 0 saturated carbocycles. The first kappa shape index (κ1) is 14.8. The molecular weight excluding hydrogens is 290 g/mol. The molecule has 5 heteroatoms. The highest BCUT2D eigenvalue weighted by molar-refractivity contribution is 5.75. The average Bonchev–Trinajstić information content (AvgIpc) is 2.98. The van der Waals surface area contributed by atoms with Gasteiger partial charge in [0.1, 0.15) is 5.75 Å². The Bertz CT molecular complexity index is 577. The summed E-state index contributed by atoms with van der Waals surface area (Å²) in [4.78, 5) is 15.0. The molecule has 5 nitrogen and oxygen atoms in total. The number of nitrogens with one attached hydrogen (secondary N) is 2. The van der Waals surface area contributed by atoms with Crippen molar-refractivity contribution in [2.24, 2.45) is 0 Å². The quantitative estimate of drug-likeness (QED) is 0.881. The zero-order valence-electron chi connectivity index (χ0n) is 13.5. The van der Waals surface area contributed by atoms with E-state index < -0.39 is 0 Å². The Morgan fingerprint density at radius 1 is 1.09 bits per heavy atom. The number of ether oxygens (including phenoxy) is 1. The summed E-state index contributed by atoms with van der Waals surface area (Å²) in [6.07, 6.45) is 5.70. The van der Waals surface area contributed by atoms with Crippen LogP contribution in [0.4, 0.5) is 4.79 Å². The smallest absolute Gasteiger partial charge is 0.315 e. The third-order valence-electron chi connectivity index (χ3n) is 5.44. The van der Waals surface area contributed by atoms with Crippen molar-refractivity contribution in [3.8, 4) is 5.75 Å². The minimum absolute atomic E-state index is 0.0378. The normalized spacial score (nSPS) is 30.0. The Kier molecular flexibility index (Phi) is 4.12. The first-order chi connectivity index (χ1) is 11.3. The van der Waals surface area contributed by atoms with E-state index in [2.05, 4.69) is 15.5 Å². The zero-order valence-corrected chi connectivity index (χ0v) is 13.5. The summed E-state index contributed by atoms with van der Waals surface area (Å²) in [7, 11) is 0. The Hall–Kier alpha value is -1.75. The van der Waals surface area contributed by atoms with Crippen LogP contribution in [0.2, 0.25) is 0 Å². The molecule has 23 heavy (non-hydrogen) atoms. The summed E-state index contributed by atoms with van der Waals surface area (Å²) in [5.74, 6) is 0.892. The van der Waals surface area contributed by atoms with Gasteiger partial charge in [-0.05, 0) is 31.9 Å². The number of carbonyl (C=O) groups is 1. The highest BCUT2D eigenvalue weighted by Crippen LogP contribution is 2.31. The lowest BCUT2D eigenvalue weighted by molar-refractivity contribution is 0.177. The van der Waals surface area contributed by atoms with Crippen LogP contribution in [0.3, 0.4) is 0 Å². The fraction of sp³-hybridized carbons (Fsp3) is 0.611. The van der Waals surface area contributed by atoms with Gasteiger partial charge in [0.25, 0.3) is 0 Å². The minimum atomic E-state index is -0.0378. The van der Waals surface area contributed by atoms with Crippen LogP contribution in [0, 0.1) is 0 Å². The highest BCUT2D eigenvalue weighted by atomic mass is 16.5. The molecule has 3 heterocycles. The van der Waals surface area contributed by atoms with E-state index in [0.29, 0.717) is 18.7 Å². The molecule has 124 valence electrons. The fourth-order valence-corrected chi connectivity index (χ4v) is 4.28. The van der Waals surface area contributed by atoms with E-state index in [0.717, 1.165) is 30.7 Å². The molecule has 2 amide bonds. The third-order valence-corrected chi connectivity index (χ3v) is 5.44.